The smallest absolute Gasteiger partial charge is 0.255 e. The van der Waals surface area contributed by atoms with E-state index in [4.69, 9.17) is 4.98 Å². The predicted molar refractivity (Wildman–Crippen MR) is 146 cm³/mol. The molecule has 1 fully saturated rings. The second-order valence-electron chi connectivity index (χ2n) is 9.96. The molecule has 8 heteroatoms. The van der Waals surface area contributed by atoms with Crippen LogP contribution in [0.25, 0.3) is 22.2 Å². The van der Waals surface area contributed by atoms with E-state index in [9.17, 15) is 19.2 Å². The number of para-hydroxylation sites is 1. The van der Waals surface area contributed by atoms with Crippen LogP contribution in [0.5, 0.6) is 0 Å². The third kappa shape index (κ3) is 4.54. The van der Waals surface area contributed by atoms with Gasteiger partial charge < -0.3 is 10.2 Å². The molecule has 1 atom stereocenters. The monoisotopic (exact) mass is 518 g/mol. The molecule has 4 amide bonds. The van der Waals surface area contributed by atoms with Crippen molar-refractivity contribution in [2.24, 2.45) is 0 Å². The Bertz CT molecular complexity index is 1680. The normalized spacial score (nSPS) is 16.8. The molecule has 4 aromatic rings. The molecular weight excluding hydrogens is 492 g/mol. The number of rotatable bonds is 5. The first kappa shape index (κ1) is 24.5. The van der Waals surface area contributed by atoms with E-state index >= 15 is 0 Å². The van der Waals surface area contributed by atoms with Crippen LogP contribution in [-0.2, 0) is 22.7 Å². The Labute approximate surface area is 225 Å². The van der Waals surface area contributed by atoms with Gasteiger partial charge in [0, 0.05) is 36.0 Å². The standard InChI is InChI=1S/C31H26N4O4/c1-18-6-2-3-7-21(18)26-15-24(23-8-4-5-9-25(23)33-26)29(37)32-16-19-10-11-22-20(14-19)17-35(31(22)39)27-12-13-28(36)34-30(27)38/h2-11,14-15,27H,12-13,16-17H2,1H3,(H,32,37)(H,34,36,38). The molecule has 3 heterocycles. The average molecular weight is 519 g/mol. The number of piperidine rings is 1. The van der Waals surface area contributed by atoms with Crippen LogP contribution in [0.2, 0.25) is 0 Å². The van der Waals surface area contributed by atoms with Crippen LogP contribution in [0.3, 0.4) is 0 Å². The van der Waals surface area contributed by atoms with E-state index in [2.05, 4.69) is 10.6 Å². The third-order valence-corrected chi connectivity index (χ3v) is 7.42. The molecule has 6 rings (SSSR count). The van der Waals surface area contributed by atoms with Crippen molar-refractivity contribution in [2.45, 2.75) is 38.9 Å². The van der Waals surface area contributed by atoms with Gasteiger partial charge in [0.1, 0.15) is 6.04 Å². The second kappa shape index (κ2) is 9.79. The second-order valence-corrected chi connectivity index (χ2v) is 9.96. The molecule has 2 aliphatic heterocycles. The summed E-state index contributed by atoms with van der Waals surface area (Å²) in [4.78, 5) is 56.6. The van der Waals surface area contributed by atoms with Gasteiger partial charge in [0.15, 0.2) is 0 Å². The first-order chi connectivity index (χ1) is 18.9. The van der Waals surface area contributed by atoms with E-state index in [0.29, 0.717) is 17.5 Å². The number of nitrogens with zero attached hydrogens (tertiary/aromatic N) is 2. The predicted octanol–water partition coefficient (Wildman–Crippen LogP) is 3.90. The van der Waals surface area contributed by atoms with Crippen molar-refractivity contribution in [3.8, 4) is 11.3 Å². The maximum atomic E-state index is 13.4. The van der Waals surface area contributed by atoms with Crippen LogP contribution in [0.15, 0.2) is 72.8 Å². The summed E-state index contributed by atoms with van der Waals surface area (Å²) in [5.41, 5.74) is 6.25. The van der Waals surface area contributed by atoms with Crippen molar-refractivity contribution in [1.82, 2.24) is 20.5 Å². The zero-order valence-corrected chi connectivity index (χ0v) is 21.4. The number of carbonyl (C=O) groups is 4. The fraction of sp³-hybridized carbons (Fsp3) is 0.194. The van der Waals surface area contributed by atoms with Gasteiger partial charge in [-0.1, -0.05) is 54.6 Å². The molecule has 3 aromatic carbocycles. The lowest BCUT2D eigenvalue weighted by Crippen LogP contribution is -2.52. The van der Waals surface area contributed by atoms with Gasteiger partial charge in [-0.15, -0.1) is 0 Å². The molecular formula is C31H26N4O4. The van der Waals surface area contributed by atoms with Crippen LogP contribution in [0.1, 0.15) is 50.2 Å². The molecule has 2 N–H and O–H groups in total. The van der Waals surface area contributed by atoms with Crippen LogP contribution >= 0.6 is 0 Å². The molecule has 194 valence electrons. The number of pyridine rings is 1. The van der Waals surface area contributed by atoms with Gasteiger partial charge in [-0.05, 0) is 48.2 Å². The lowest BCUT2D eigenvalue weighted by molar-refractivity contribution is -0.136. The summed E-state index contributed by atoms with van der Waals surface area (Å²) in [6, 6.07) is 22.2. The minimum Gasteiger partial charge on any atom is -0.348 e. The Hall–Kier alpha value is -4.85. The molecule has 0 bridgehead atoms. The number of imide groups is 1. The average Bonchev–Trinajstić information content (AvgIpc) is 3.26. The molecule has 8 nitrogen and oxygen atoms in total. The third-order valence-electron chi connectivity index (χ3n) is 7.42. The van der Waals surface area contributed by atoms with Crippen LogP contribution in [-0.4, -0.2) is 39.6 Å². The Balaban J connectivity index is 1.22. The summed E-state index contributed by atoms with van der Waals surface area (Å²) in [6.45, 7) is 2.58. The van der Waals surface area contributed by atoms with Crippen molar-refractivity contribution in [3.05, 3.63) is 101 Å². The van der Waals surface area contributed by atoms with Gasteiger partial charge in [0.25, 0.3) is 11.8 Å². The Morgan fingerprint density at radius 3 is 2.62 bits per heavy atom. The highest BCUT2D eigenvalue weighted by Crippen LogP contribution is 2.29. The molecule has 0 aliphatic carbocycles. The number of hydrogen-bond acceptors (Lipinski definition) is 5. The summed E-state index contributed by atoms with van der Waals surface area (Å²) < 4.78 is 0. The maximum absolute atomic E-state index is 13.4. The topological polar surface area (TPSA) is 108 Å². The zero-order valence-electron chi connectivity index (χ0n) is 21.4. The summed E-state index contributed by atoms with van der Waals surface area (Å²) in [5, 5.41) is 6.11. The highest BCUT2D eigenvalue weighted by Gasteiger charge is 2.39. The summed E-state index contributed by atoms with van der Waals surface area (Å²) in [7, 11) is 0. The highest BCUT2D eigenvalue weighted by atomic mass is 16.2. The van der Waals surface area contributed by atoms with Gasteiger partial charge in [-0.2, -0.15) is 0 Å². The number of benzene rings is 3. The SMILES string of the molecule is Cc1ccccc1-c1cc(C(=O)NCc2ccc3c(c2)CN(C2CCC(=O)NC2=O)C3=O)c2ccccc2n1. The van der Waals surface area contributed by atoms with E-state index in [0.717, 1.165) is 38.9 Å². The lowest BCUT2D eigenvalue weighted by atomic mass is 10.0. The van der Waals surface area contributed by atoms with Crippen molar-refractivity contribution in [3.63, 3.8) is 0 Å². The molecule has 2 aliphatic rings. The first-order valence-corrected chi connectivity index (χ1v) is 12.9. The van der Waals surface area contributed by atoms with Crippen molar-refractivity contribution < 1.29 is 19.2 Å². The quantitative estimate of drug-likeness (QED) is 0.390. The molecule has 1 unspecified atom stereocenters. The molecule has 0 saturated carbocycles. The Kier molecular flexibility index (Phi) is 6.15. The van der Waals surface area contributed by atoms with E-state index in [1.807, 2.05) is 73.7 Å². The number of nitrogens with one attached hydrogen (secondary N) is 2. The maximum Gasteiger partial charge on any atom is 0.255 e. The highest BCUT2D eigenvalue weighted by molar-refractivity contribution is 6.07. The number of aromatic nitrogens is 1. The fourth-order valence-corrected chi connectivity index (χ4v) is 5.38. The van der Waals surface area contributed by atoms with Gasteiger partial charge >= 0.3 is 0 Å². The van der Waals surface area contributed by atoms with Crippen molar-refractivity contribution >= 4 is 34.5 Å². The zero-order chi connectivity index (χ0) is 27.1. The van der Waals surface area contributed by atoms with E-state index in [-0.39, 0.29) is 37.2 Å². The van der Waals surface area contributed by atoms with Gasteiger partial charge in [0.05, 0.1) is 16.8 Å². The van der Waals surface area contributed by atoms with Gasteiger partial charge in [0.2, 0.25) is 11.8 Å². The van der Waals surface area contributed by atoms with Crippen LogP contribution in [0, 0.1) is 6.92 Å². The molecule has 1 aromatic heterocycles. The van der Waals surface area contributed by atoms with Crippen LogP contribution in [0.4, 0.5) is 0 Å². The number of amides is 4. The molecule has 39 heavy (non-hydrogen) atoms. The van der Waals surface area contributed by atoms with E-state index < -0.39 is 11.9 Å². The Morgan fingerprint density at radius 1 is 1.00 bits per heavy atom. The Morgan fingerprint density at radius 2 is 1.79 bits per heavy atom. The lowest BCUT2D eigenvalue weighted by Gasteiger charge is -2.29. The van der Waals surface area contributed by atoms with Crippen LogP contribution < -0.4 is 10.6 Å². The van der Waals surface area contributed by atoms with Crippen molar-refractivity contribution in [2.75, 3.05) is 0 Å². The molecule has 0 radical (unpaired) electrons. The summed E-state index contributed by atoms with van der Waals surface area (Å²) >= 11 is 0. The number of hydrogen-bond donors (Lipinski definition) is 2. The minimum absolute atomic E-state index is 0.211. The first-order valence-electron chi connectivity index (χ1n) is 12.9. The van der Waals surface area contributed by atoms with Gasteiger partial charge in [-0.25, -0.2) is 4.98 Å². The summed E-state index contributed by atoms with van der Waals surface area (Å²) in [6.07, 6.45) is 0.529. The van der Waals surface area contributed by atoms with E-state index in [1.54, 1.807) is 6.07 Å². The van der Waals surface area contributed by atoms with Gasteiger partial charge in [-0.3, -0.25) is 24.5 Å². The molecule has 1 saturated heterocycles. The number of carbonyl (C=O) groups excluding carboxylic acids is 4. The fourth-order valence-electron chi connectivity index (χ4n) is 5.38. The largest absolute Gasteiger partial charge is 0.348 e. The number of aryl methyl sites for hydroxylation is 1. The van der Waals surface area contributed by atoms with Crippen molar-refractivity contribution in [1.29, 1.82) is 0 Å². The molecule has 0 spiro atoms. The number of fused-ring (bicyclic) bond motifs is 2. The summed E-state index contributed by atoms with van der Waals surface area (Å²) in [5.74, 6) is -1.19. The minimum atomic E-state index is -0.659. The van der Waals surface area contributed by atoms with E-state index in [1.165, 1.54) is 4.90 Å².